The van der Waals surface area contributed by atoms with Crippen molar-refractivity contribution in [1.29, 1.82) is 0 Å². The number of benzene rings is 3. The molecule has 1 fully saturated rings. The van der Waals surface area contributed by atoms with Crippen LogP contribution in [0.1, 0.15) is 32.6 Å². The average molecular weight is 459 g/mol. The third-order valence-electron chi connectivity index (χ3n) is 6.51. The number of phenolic OH excluding ortho intramolecular Hbond substituents is 1. The van der Waals surface area contributed by atoms with Gasteiger partial charge in [-0.1, -0.05) is 29.8 Å². The van der Waals surface area contributed by atoms with Crippen LogP contribution in [0.15, 0.2) is 60.4 Å². The highest BCUT2D eigenvalue weighted by Crippen LogP contribution is 2.42. The largest absolute Gasteiger partial charge is 0.507 e. The van der Waals surface area contributed by atoms with Gasteiger partial charge in [0.25, 0.3) is 0 Å². The van der Waals surface area contributed by atoms with E-state index in [4.69, 9.17) is 4.74 Å². The number of allylic oxidation sites excluding steroid dienone is 1. The number of ether oxygens (including phenoxy) is 1. The second kappa shape index (κ2) is 8.95. The van der Waals surface area contributed by atoms with Crippen molar-refractivity contribution >= 4 is 17.5 Å². The minimum atomic E-state index is -0.239. The molecule has 0 unspecified atom stereocenters. The van der Waals surface area contributed by atoms with E-state index in [1.807, 2.05) is 38.1 Å². The maximum absolute atomic E-state index is 13.2. The smallest absolute Gasteiger partial charge is 0.232 e. The normalized spacial score (nSPS) is 17.2. The molecule has 0 spiro atoms. The van der Waals surface area contributed by atoms with E-state index < -0.39 is 0 Å². The number of piperazine rings is 1. The third-order valence-corrected chi connectivity index (χ3v) is 6.51. The van der Waals surface area contributed by atoms with Gasteiger partial charge in [0.2, 0.25) is 5.78 Å². The zero-order valence-electron chi connectivity index (χ0n) is 19.3. The van der Waals surface area contributed by atoms with Gasteiger partial charge in [0.05, 0.1) is 11.1 Å². The van der Waals surface area contributed by atoms with Crippen LogP contribution in [0.3, 0.4) is 0 Å². The van der Waals surface area contributed by atoms with Gasteiger partial charge in [-0.05, 0) is 61.4 Å². The fourth-order valence-corrected chi connectivity index (χ4v) is 4.68. The molecular weight excluding hydrogens is 431 g/mol. The molecule has 174 valence electrons. The maximum Gasteiger partial charge on any atom is 0.232 e. The topological polar surface area (TPSA) is 53.0 Å². The zero-order valence-corrected chi connectivity index (χ0v) is 19.3. The molecule has 0 aliphatic carbocycles. The van der Waals surface area contributed by atoms with Crippen LogP contribution >= 0.6 is 0 Å². The Bertz CT molecular complexity index is 1280. The van der Waals surface area contributed by atoms with E-state index in [1.54, 1.807) is 24.3 Å². The molecule has 2 aliphatic heterocycles. The fourth-order valence-electron chi connectivity index (χ4n) is 4.68. The Hall–Kier alpha value is -3.64. The average Bonchev–Trinajstić information content (AvgIpc) is 3.14. The first kappa shape index (κ1) is 22.2. The van der Waals surface area contributed by atoms with Crippen molar-refractivity contribution in [3.63, 3.8) is 0 Å². The number of halogens is 1. The number of phenols is 1. The molecule has 0 bridgehead atoms. The van der Waals surface area contributed by atoms with Crippen molar-refractivity contribution < 1.29 is 19.0 Å². The molecule has 3 aromatic carbocycles. The van der Waals surface area contributed by atoms with Crippen LogP contribution < -0.4 is 9.64 Å². The number of aryl methyl sites for hydroxylation is 2. The minimum absolute atomic E-state index is 0.141. The lowest BCUT2D eigenvalue weighted by Crippen LogP contribution is -2.46. The van der Waals surface area contributed by atoms with Crippen LogP contribution in [0.2, 0.25) is 0 Å². The Balaban J connectivity index is 1.36. The van der Waals surface area contributed by atoms with Gasteiger partial charge in [0.15, 0.2) is 5.76 Å². The molecular formula is C28H27FN2O3. The van der Waals surface area contributed by atoms with Crippen molar-refractivity contribution in [2.24, 2.45) is 0 Å². The second-order valence-electron chi connectivity index (χ2n) is 8.99. The summed E-state index contributed by atoms with van der Waals surface area (Å²) in [5, 5.41) is 10.8. The van der Waals surface area contributed by atoms with Crippen molar-refractivity contribution in [3.8, 4) is 11.5 Å². The van der Waals surface area contributed by atoms with Gasteiger partial charge in [0, 0.05) is 38.4 Å². The lowest BCUT2D eigenvalue weighted by molar-refractivity contribution is 0.101. The first-order valence-electron chi connectivity index (χ1n) is 11.5. The monoisotopic (exact) mass is 458 g/mol. The molecule has 0 aromatic heterocycles. The van der Waals surface area contributed by atoms with E-state index in [1.165, 1.54) is 12.1 Å². The van der Waals surface area contributed by atoms with Crippen molar-refractivity contribution in [1.82, 2.24) is 4.90 Å². The Morgan fingerprint density at radius 1 is 1.03 bits per heavy atom. The number of carbonyl (C=O) groups excluding carboxylic acids is 1. The molecule has 0 radical (unpaired) electrons. The van der Waals surface area contributed by atoms with Gasteiger partial charge < -0.3 is 14.7 Å². The molecule has 5 nitrogen and oxygen atoms in total. The number of anilines is 1. The first-order chi connectivity index (χ1) is 16.4. The van der Waals surface area contributed by atoms with Crippen molar-refractivity contribution in [2.75, 3.05) is 31.1 Å². The number of ketones is 1. The standard InChI is InChI=1S/C28H27FN2O3/c1-18-4-3-5-20(14-18)16-25-27(33)26-19(2)15-24(32)23(28(26)34-25)17-30-10-12-31(13-11-30)22-8-6-21(29)7-9-22/h3-9,14-16,32H,10-13,17H2,1-2H3/b25-16-. The summed E-state index contributed by atoms with van der Waals surface area (Å²) in [7, 11) is 0. The van der Waals surface area contributed by atoms with E-state index in [9.17, 15) is 14.3 Å². The number of fused-ring (bicyclic) bond motifs is 1. The summed E-state index contributed by atoms with van der Waals surface area (Å²) < 4.78 is 19.3. The molecule has 3 aromatic rings. The van der Waals surface area contributed by atoms with Gasteiger partial charge in [-0.2, -0.15) is 0 Å². The highest BCUT2D eigenvalue weighted by molar-refractivity contribution is 6.15. The Kier molecular flexibility index (Phi) is 5.84. The SMILES string of the molecule is Cc1cccc(/C=C2\Oc3c(CN4CCN(c5ccc(F)cc5)CC4)c(O)cc(C)c3C2=O)c1. The summed E-state index contributed by atoms with van der Waals surface area (Å²) in [6, 6.07) is 16.1. The lowest BCUT2D eigenvalue weighted by Gasteiger charge is -2.36. The zero-order chi connectivity index (χ0) is 23.8. The predicted molar refractivity (Wildman–Crippen MR) is 131 cm³/mol. The van der Waals surface area contributed by atoms with E-state index in [2.05, 4.69) is 9.80 Å². The molecule has 0 atom stereocenters. The van der Waals surface area contributed by atoms with Crippen LogP contribution in [-0.2, 0) is 6.54 Å². The van der Waals surface area contributed by atoms with E-state index >= 15 is 0 Å². The molecule has 34 heavy (non-hydrogen) atoms. The number of rotatable bonds is 4. The molecule has 2 heterocycles. The highest BCUT2D eigenvalue weighted by Gasteiger charge is 2.34. The number of nitrogens with zero attached hydrogens (tertiary/aromatic N) is 2. The Labute approximate surface area is 198 Å². The second-order valence-corrected chi connectivity index (χ2v) is 8.99. The molecule has 1 N–H and O–H groups in total. The molecule has 0 amide bonds. The Morgan fingerprint density at radius 2 is 1.76 bits per heavy atom. The quantitative estimate of drug-likeness (QED) is 0.552. The van der Waals surface area contributed by atoms with Crippen LogP contribution in [0.4, 0.5) is 10.1 Å². The third kappa shape index (κ3) is 4.29. The summed E-state index contributed by atoms with van der Waals surface area (Å²) in [4.78, 5) is 17.6. The molecule has 1 saturated heterocycles. The minimum Gasteiger partial charge on any atom is -0.507 e. The predicted octanol–water partition coefficient (Wildman–Crippen LogP) is 5.09. The molecule has 5 rings (SSSR count). The lowest BCUT2D eigenvalue weighted by atomic mass is 9.99. The number of Topliss-reactive ketones (excluding diaryl/α,β-unsaturated/α-hetero) is 1. The summed E-state index contributed by atoms with van der Waals surface area (Å²) >= 11 is 0. The van der Waals surface area contributed by atoms with Crippen LogP contribution in [0.5, 0.6) is 11.5 Å². The summed E-state index contributed by atoms with van der Waals surface area (Å²) in [5.41, 5.74) is 4.87. The summed E-state index contributed by atoms with van der Waals surface area (Å²) in [6.07, 6.45) is 1.76. The van der Waals surface area contributed by atoms with Gasteiger partial charge >= 0.3 is 0 Å². The first-order valence-corrected chi connectivity index (χ1v) is 11.5. The summed E-state index contributed by atoms with van der Waals surface area (Å²) in [6.45, 7) is 7.44. The Morgan fingerprint density at radius 3 is 2.47 bits per heavy atom. The molecule has 6 heteroatoms. The van der Waals surface area contributed by atoms with Gasteiger partial charge in [0.1, 0.15) is 17.3 Å². The fraction of sp³-hybridized carbons (Fsp3) is 0.250. The van der Waals surface area contributed by atoms with Crippen LogP contribution in [0.25, 0.3) is 6.08 Å². The number of hydrogen-bond donors (Lipinski definition) is 1. The van der Waals surface area contributed by atoms with Crippen molar-refractivity contribution in [3.05, 3.63) is 94.0 Å². The highest BCUT2D eigenvalue weighted by atomic mass is 19.1. The molecule has 0 saturated carbocycles. The summed E-state index contributed by atoms with van der Waals surface area (Å²) in [5.74, 6) is 0.480. The molecule has 2 aliphatic rings. The van der Waals surface area contributed by atoms with Gasteiger partial charge in [-0.25, -0.2) is 4.39 Å². The van der Waals surface area contributed by atoms with Crippen LogP contribution in [0, 0.1) is 19.7 Å². The van der Waals surface area contributed by atoms with Crippen molar-refractivity contribution in [2.45, 2.75) is 20.4 Å². The number of hydrogen-bond acceptors (Lipinski definition) is 5. The van der Waals surface area contributed by atoms with E-state index in [-0.39, 0.29) is 23.1 Å². The van der Waals surface area contributed by atoms with Gasteiger partial charge in [-0.3, -0.25) is 9.69 Å². The van der Waals surface area contributed by atoms with E-state index in [0.29, 0.717) is 29.0 Å². The number of aromatic hydroxyl groups is 1. The van der Waals surface area contributed by atoms with Gasteiger partial charge in [-0.15, -0.1) is 0 Å². The van der Waals surface area contributed by atoms with Crippen LogP contribution in [-0.4, -0.2) is 42.0 Å². The van der Waals surface area contributed by atoms with E-state index in [0.717, 1.165) is 43.0 Å². The maximum atomic E-state index is 13.2. The number of carbonyl (C=O) groups is 1.